The Morgan fingerprint density at radius 1 is 0.867 bits per heavy atom. The summed E-state index contributed by atoms with van der Waals surface area (Å²) in [5, 5.41) is 8.95. The maximum Gasteiger partial charge on any atom is 0.244 e. The van der Waals surface area contributed by atoms with E-state index in [0.717, 1.165) is 64.0 Å². The molecule has 1 atom stereocenters. The minimum absolute atomic E-state index is 0.215. The number of pyridine rings is 2. The molecule has 6 aromatic rings. The highest BCUT2D eigenvalue weighted by Crippen LogP contribution is 2.35. The van der Waals surface area contributed by atoms with Gasteiger partial charge in [-0.25, -0.2) is 18.4 Å². The van der Waals surface area contributed by atoms with Crippen LogP contribution in [0.4, 0.5) is 23.0 Å². The molecule has 0 spiro atoms. The third-order valence-corrected chi connectivity index (χ3v) is 10.6. The van der Waals surface area contributed by atoms with E-state index in [1.54, 1.807) is 16.4 Å². The van der Waals surface area contributed by atoms with Crippen LogP contribution in [-0.4, -0.2) is 45.7 Å². The Hall–Kier alpha value is -4.67. The van der Waals surface area contributed by atoms with Crippen LogP contribution in [0.15, 0.2) is 102 Å². The first-order valence-electron chi connectivity index (χ1n) is 15.4. The monoisotopic (exact) mass is 619 g/mol. The van der Waals surface area contributed by atoms with Crippen LogP contribution in [0.5, 0.6) is 0 Å². The molecule has 10 heteroatoms. The second kappa shape index (κ2) is 11.7. The number of rotatable bonds is 9. The van der Waals surface area contributed by atoms with E-state index in [1.807, 2.05) is 54.9 Å². The van der Waals surface area contributed by atoms with Gasteiger partial charge in [0.25, 0.3) is 0 Å². The Morgan fingerprint density at radius 3 is 2.22 bits per heavy atom. The molecule has 1 saturated heterocycles. The predicted octanol–water partition coefficient (Wildman–Crippen LogP) is 7.70. The van der Waals surface area contributed by atoms with Crippen molar-refractivity contribution in [3.05, 3.63) is 103 Å². The molecule has 45 heavy (non-hydrogen) atoms. The van der Waals surface area contributed by atoms with Gasteiger partial charge in [-0.3, -0.25) is 0 Å². The molecule has 1 aliphatic rings. The molecule has 0 bridgehead atoms. The number of nitrogens with one attached hydrogen (secondary N) is 4. The average Bonchev–Trinajstić information content (AvgIpc) is 3.71. The molecule has 4 aromatic heterocycles. The van der Waals surface area contributed by atoms with Gasteiger partial charge in [0.2, 0.25) is 10.0 Å². The van der Waals surface area contributed by atoms with Crippen molar-refractivity contribution in [3.63, 3.8) is 0 Å². The van der Waals surface area contributed by atoms with Gasteiger partial charge in [-0.1, -0.05) is 19.9 Å². The summed E-state index contributed by atoms with van der Waals surface area (Å²) in [6, 6.07) is 25.7. The second-order valence-electron chi connectivity index (χ2n) is 12.6. The molecule has 0 aliphatic carbocycles. The molecule has 4 N–H and O–H groups in total. The van der Waals surface area contributed by atoms with Crippen LogP contribution in [0, 0.1) is 5.92 Å². The van der Waals surface area contributed by atoms with Crippen molar-refractivity contribution in [2.75, 3.05) is 23.7 Å². The lowest BCUT2D eigenvalue weighted by atomic mass is 9.77. The van der Waals surface area contributed by atoms with Gasteiger partial charge in [0.15, 0.2) is 0 Å². The van der Waals surface area contributed by atoms with Crippen molar-refractivity contribution in [2.45, 2.75) is 43.4 Å². The highest BCUT2D eigenvalue weighted by Gasteiger charge is 2.34. The quantitative estimate of drug-likeness (QED) is 0.132. The topological polar surface area (TPSA) is 119 Å². The van der Waals surface area contributed by atoms with E-state index in [-0.39, 0.29) is 16.2 Å². The van der Waals surface area contributed by atoms with Crippen LogP contribution in [-0.2, 0) is 15.4 Å². The number of anilines is 4. The highest BCUT2D eigenvalue weighted by molar-refractivity contribution is 7.89. The van der Waals surface area contributed by atoms with E-state index in [2.05, 4.69) is 63.7 Å². The van der Waals surface area contributed by atoms with Crippen LogP contribution in [0.25, 0.3) is 21.8 Å². The van der Waals surface area contributed by atoms with Gasteiger partial charge >= 0.3 is 0 Å². The maximum absolute atomic E-state index is 13.7. The fraction of sp³-hybridized carbons (Fsp3) is 0.257. The zero-order chi connectivity index (χ0) is 31.0. The molecule has 230 valence electrons. The summed E-state index contributed by atoms with van der Waals surface area (Å²) in [6.07, 6.45) is 7.93. The number of hydrogen-bond donors (Lipinski definition) is 4. The van der Waals surface area contributed by atoms with E-state index in [1.165, 1.54) is 6.20 Å². The number of aromatic nitrogens is 4. The average molecular weight is 620 g/mol. The summed E-state index contributed by atoms with van der Waals surface area (Å²) in [5.41, 5.74) is 4.77. The Morgan fingerprint density at radius 2 is 1.56 bits per heavy atom. The lowest BCUT2D eigenvalue weighted by Gasteiger charge is -2.36. The van der Waals surface area contributed by atoms with Crippen molar-refractivity contribution in [2.24, 2.45) is 5.92 Å². The number of fused-ring (bicyclic) bond motifs is 2. The van der Waals surface area contributed by atoms with Gasteiger partial charge in [0.05, 0.1) is 0 Å². The molecule has 5 heterocycles. The molecule has 0 radical (unpaired) electrons. The smallest absolute Gasteiger partial charge is 0.244 e. The van der Waals surface area contributed by atoms with Gasteiger partial charge in [-0.2, -0.15) is 4.31 Å². The van der Waals surface area contributed by atoms with E-state index in [9.17, 15) is 8.42 Å². The van der Waals surface area contributed by atoms with E-state index in [4.69, 9.17) is 4.98 Å². The molecular formula is C35H37N7O2S. The molecule has 1 aliphatic heterocycles. The molecule has 1 unspecified atom stereocenters. The summed E-state index contributed by atoms with van der Waals surface area (Å²) in [6.45, 7) is 5.39. The van der Waals surface area contributed by atoms with Crippen LogP contribution in [0.2, 0.25) is 0 Å². The summed E-state index contributed by atoms with van der Waals surface area (Å²) >= 11 is 0. The van der Waals surface area contributed by atoms with Crippen molar-refractivity contribution >= 4 is 54.8 Å². The molecule has 0 saturated carbocycles. The van der Waals surface area contributed by atoms with E-state index < -0.39 is 10.0 Å². The lowest BCUT2D eigenvalue weighted by Crippen LogP contribution is -2.41. The molecule has 1 fully saturated rings. The Kier molecular flexibility index (Phi) is 7.55. The van der Waals surface area contributed by atoms with Gasteiger partial charge in [-0.15, -0.1) is 0 Å². The van der Waals surface area contributed by atoms with Crippen molar-refractivity contribution < 1.29 is 8.42 Å². The van der Waals surface area contributed by atoms with Crippen LogP contribution in [0.3, 0.4) is 0 Å². The Labute approximate surface area is 263 Å². The van der Waals surface area contributed by atoms with Crippen molar-refractivity contribution in [1.82, 2.24) is 24.2 Å². The number of nitrogens with zero attached hydrogens (tertiary/aromatic N) is 3. The van der Waals surface area contributed by atoms with Gasteiger partial charge in [-0.05, 0) is 98.0 Å². The van der Waals surface area contributed by atoms with Gasteiger partial charge in [0.1, 0.15) is 16.5 Å². The number of aromatic amines is 2. The molecule has 9 nitrogen and oxygen atoms in total. The first kappa shape index (κ1) is 29.1. The summed E-state index contributed by atoms with van der Waals surface area (Å²) in [4.78, 5) is 16.0. The highest BCUT2D eigenvalue weighted by atomic mass is 32.2. The van der Waals surface area contributed by atoms with E-state index in [0.29, 0.717) is 18.9 Å². The first-order valence-corrected chi connectivity index (χ1v) is 16.8. The third-order valence-electron chi connectivity index (χ3n) is 8.75. The van der Waals surface area contributed by atoms with Crippen LogP contribution in [0.1, 0.15) is 38.8 Å². The maximum atomic E-state index is 13.7. The predicted molar refractivity (Wildman–Crippen MR) is 181 cm³/mol. The largest absolute Gasteiger partial charge is 0.361 e. The minimum atomic E-state index is -3.67. The van der Waals surface area contributed by atoms with Crippen LogP contribution >= 0.6 is 0 Å². The first-order chi connectivity index (χ1) is 21.7. The van der Waals surface area contributed by atoms with Crippen LogP contribution < -0.4 is 10.6 Å². The summed E-state index contributed by atoms with van der Waals surface area (Å²) in [7, 11) is -3.67. The third kappa shape index (κ3) is 6.16. The lowest BCUT2D eigenvalue weighted by molar-refractivity contribution is 0.223. The zero-order valence-electron chi connectivity index (χ0n) is 25.4. The van der Waals surface area contributed by atoms with Crippen molar-refractivity contribution in [3.8, 4) is 0 Å². The second-order valence-corrected chi connectivity index (χ2v) is 14.5. The number of benzene rings is 2. The Balaban J connectivity index is 1.01. The Bertz CT molecular complexity index is 2070. The fourth-order valence-corrected chi connectivity index (χ4v) is 7.93. The summed E-state index contributed by atoms with van der Waals surface area (Å²) in [5.74, 6) is 1.60. The standard InChI is InChI=1S/C35H37N7O2S/c1-35(2,32-6-3-7-34(41-32)40-28-9-12-31-26(20-28)15-17-37-31)21-24-5-4-18-42(23-24)45(43,44)29-10-13-33(38-22-29)39-27-8-11-30-25(19-27)14-16-36-30/h3,6-17,19-20,22,24,36-37H,4-5,18,21,23H2,1-2H3,(H,38,39)(H,40,41). The summed E-state index contributed by atoms with van der Waals surface area (Å²) < 4.78 is 29.0. The van der Waals surface area contributed by atoms with Crippen molar-refractivity contribution in [1.29, 1.82) is 0 Å². The molecule has 0 amide bonds. The minimum Gasteiger partial charge on any atom is -0.361 e. The number of sulfonamides is 1. The number of hydrogen-bond acceptors (Lipinski definition) is 6. The van der Waals surface area contributed by atoms with Gasteiger partial charge < -0.3 is 20.6 Å². The molecule has 7 rings (SSSR count). The number of H-pyrrole nitrogens is 2. The zero-order valence-corrected chi connectivity index (χ0v) is 26.2. The molecular weight excluding hydrogens is 582 g/mol. The number of piperidine rings is 1. The fourth-order valence-electron chi connectivity index (χ4n) is 6.43. The van der Waals surface area contributed by atoms with Gasteiger partial charge in [0, 0.05) is 76.0 Å². The molecule has 2 aromatic carbocycles. The normalized spacial score (nSPS) is 16.3. The SMILES string of the molecule is CC(C)(CC1CCCN(S(=O)(=O)c2ccc(Nc3ccc4[nH]ccc4c3)nc2)C1)c1cccc(Nc2ccc3[nH]ccc3c2)n1. The van der Waals surface area contributed by atoms with E-state index >= 15 is 0 Å².